The minimum atomic E-state index is -0.511. The van der Waals surface area contributed by atoms with Crippen LogP contribution in [0.4, 0.5) is 5.82 Å². The van der Waals surface area contributed by atoms with E-state index in [1.807, 2.05) is 32.0 Å². The summed E-state index contributed by atoms with van der Waals surface area (Å²) in [7, 11) is 1.64. The molecule has 0 spiro atoms. The summed E-state index contributed by atoms with van der Waals surface area (Å²) in [5, 5.41) is 4.42. The van der Waals surface area contributed by atoms with Crippen molar-refractivity contribution in [2.75, 3.05) is 26.0 Å². The van der Waals surface area contributed by atoms with Crippen LogP contribution in [0.15, 0.2) is 29.7 Å². The van der Waals surface area contributed by atoms with Crippen LogP contribution in [-0.4, -0.2) is 35.9 Å². The van der Waals surface area contributed by atoms with Crippen LogP contribution in [0.2, 0.25) is 0 Å². The summed E-state index contributed by atoms with van der Waals surface area (Å²) in [6, 6.07) is 5.81. The lowest BCUT2D eigenvalue weighted by Gasteiger charge is -2.34. The Bertz CT molecular complexity index is 817. The zero-order valence-electron chi connectivity index (χ0n) is 14.7. The molecular weight excluding hydrogens is 318 g/mol. The molecule has 0 unspecified atom stereocenters. The first-order chi connectivity index (χ1) is 12.0. The highest BCUT2D eigenvalue weighted by molar-refractivity contribution is 6.15. The van der Waals surface area contributed by atoms with E-state index in [1.54, 1.807) is 7.11 Å². The van der Waals surface area contributed by atoms with Crippen LogP contribution in [0.25, 0.3) is 11.3 Å². The molecule has 1 aliphatic rings. The molecule has 25 heavy (non-hydrogen) atoms. The maximum atomic E-state index is 6.18. The van der Waals surface area contributed by atoms with Gasteiger partial charge in [-0.3, -0.25) is 0 Å². The minimum Gasteiger partial charge on any atom is -0.497 e. The summed E-state index contributed by atoms with van der Waals surface area (Å²) in [4.78, 5) is 14.2. The Balaban J connectivity index is 2.21. The molecule has 7 heteroatoms. The van der Waals surface area contributed by atoms with Crippen molar-refractivity contribution in [2.24, 2.45) is 10.9 Å². The van der Waals surface area contributed by atoms with Gasteiger partial charge in [-0.1, -0.05) is 5.16 Å². The summed E-state index contributed by atoms with van der Waals surface area (Å²) < 4.78 is 5.38. The second kappa shape index (κ2) is 6.68. The van der Waals surface area contributed by atoms with Gasteiger partial charge in [-0.2, -0.15) is 0 Å². The van der Waals surface area contributed by atoms with Crippen LogP contribution >= 0.6 is 0 Å². The summed E-state index contributed by atoms with van der Waals surface area (Å²) in [6.07, 6.45) is 2.22. The molecule has 4 N–H and O–H groups in total. The second-order valence-corrected chi connectivity index (χ2v) is 6.43. The summed E-state index contributed by atoms with van der Waals surface area (Å²) in [6.45, 7) is 5.10. The number of methoxy groups -OCH3 is 1. The molecule has 0 amide bonds. The molecule has 1 aromatic heterocycles. The molecule has 0 saturated heterocycles. The quantitative estimate of drug-likeness (QED) is 0.637. The molecule has 1 aromatic carbocycles. The Morgan fingerprint density at radius 2 is 2.00 bits per heavy atom. The van der Waals surface area contributed by atoms with Crippen molar-refractivity contribution in [1.29, 1.82) is 0 Å². The second-order valence-electron chi connectivity index (χ2n) is 6.43. The van der Waals surface area contributed by atoms with Gasteiger partial charge in [0.1, 0.15) is 24.5 Å². The van der Waals surface area contributed by atoms with Crippen molar-refractivity contribution < 1.29 is 9.57 Å². The fourth-order valence-electron chi connectivity index (χ4n) is 3.15. The number of fused-ring (bicyclic) bond motifs is 3. The first kappa shape index (κ1) is 17.2. The standard InChI is InChI=1S/C18H23N5O2/c1-18(2)14-15(21-10-22-17(14)20)12-6-5-11(24-3)9-13(12)16(18)23-25-8-4-7-19/h5-6,9-10H,4,7-8,19H2,1-3H3,(H2,20,21,22)/b23-16+. The molecule has 0 atom stereocenters. The molecule has 0 fully saturated rings. The fraction of sp³-hybridized carbons (Fsp3) is 0.389. The van der Waals surface area contributed by atoms with E-state index in [1.165, 1.54) is 6.33 Å². The van der Waals surface area contributed by atoms with Gasteiger partial charge in [0.25, 0.3) is 0 Å². The summed E-state index contributed by atoms with van der Waals surface area (Å²) in [5.41, 5.74) is 15.5. The van der Waals surface area contributed by atoms with Crippen LogP contribution < -0.4 is 16.2 Å². The monoisotopic (exact) mass is 341 g/mol. The molecule has 1 heterocycles. The number of hydrogen-bond donors (Lipinski definition) is 2. The zero-order valence-corrected chi connectivity index (χ0v) is 14.7. The van der Waals surface area contributed by atoms with Crippen molar-refractivity contribution in [3.05, 3.63) is 35.7 Å². The van der Waals surface area contributed by atoms with E-state index in [4.69, 9.17) is 21.0 Å². The van der Waals surface area contributed by atoms with Gasteiger partial charge in [-0.15, -0.1) is 0 Å². The lowest BCUT2D eigenvalue weighted by molar-refractivity contribution is 0.141. The molecule has 7 nitrogen and oxygen atoms in total. The van der Waals surface area contributed by atoms with Gasteiger partial charge in [0, 0.05) is 22.1 Å². The van der Waals surface area contributed by atoms with Gasteiger partial charge in [0.05, 0.1) is 18.5 Å². The van der Waals surface area contributed by atoms with E-state index < -0.39 is 5.41 Å². The maximum absolute atomic E-state index is 6.18. The Labute approximate surface area is 147 Å². The topological polar surface area (TPSA) is 109 Å². The van der Waals surface area contributed by atoms with E-state index in [0.717, 1.165) is 40.3 Å². The van der Waals surface area contributed by atoms with Crippen molar-refractivity contribution in [1.82, 2.24) is 9.97 Å². The molecular formula is C18H23N5O2. The van der Waals surface area contributed by atoms with E-state index >= 15 is 0 Å². The maximum Gasteiger partial charge on any atom is 0.131 e. The van der Waals surface area contributed by atoms with Crippen molar-refractivity contribution in [2.45, 2.75) is 25.7 Å². The van der Waals surface area contributed by atoms with Crippen molar-refractivity contribution in [3.63, 3.8) is 0 Å². The van der Waals surface area contributed by atoms with Gasteiger partial charge in [-0.05, 0) is 45.0 Å². The fourth-order valence-corrected chi connectivity index (χ4v) is 3.15. The zero-order chi connectivity index (χ0) is 18.0. The summed E-state index contributed by atoms with van der Waals surface area (Å²) >= 11 is 0. The Morgan fingerprint density at radius 1 is 1.20 bits per heavy atom. The molecule has 0 bridgehead atoms. The predicted molar refractivity (Wildman–Crippen MR) is 97.6 cm³/mol. The van der Waals surface area contributed by atoms with Crippen LogP contribution in [0.1, 0.15) is 31.4 Å². The van der Waals surface area contributed by atoms with Crippen LogP contribution in [0.5, 0.6) is 5.75 Å². The highest BCUT2D eigenvalue weighted by atomic mass is 16.6. The van der Waals surface area contributed by atoms with Gasteiger partial charge < -0.3 is 21.0 Å². The average Bonchev–Trinajstić information content (AvgIpc) is 2.60. The number of oxime groups is 1. The molecule has 3 rings (SSSR count). The summed E-state index contributed by atoms with van der Waals surface area (Å²) in [5.74, 6) is 1.20. The number of benzene rings is 1. The van der Waals surface area contributed by atoms with Crippen LogP contribution in [0, 0.1) is 0 Å². The van der Waals surface area contributed by atoms with Gasteiger partial charge in [0.15, 0.2) is 0 Å². The lowest BCUT2D eigenvalue weighted by atomic mass is 9.70. The minimum absolute atomic E-state index is 0.450. The van der Waals surface area contributed by atoms with E-state index in [-0.39, 0.29) is 0 Å². The van der Waals surface area contributed by atoms with Crippen LogP contribution in [0.3, 0.4) is 0 Å². The highest BCUT2D eigenvalue weighted by Gasteiger charge is 2.40. The third kappa shape index (κ3) is 2.91. The predicted octanol–water partition coefficient (Wildman–Crippen LogP) is 2.10. The smallest absolute Gasteiger partial charge is 0.131 e. The van der Waals surface area contributed by atoms with Crippen molar-refractivity contribution >= 4 is 11.5 Å². The Hall–Kier alpha value is -2.67. The number of anilines is 1. The number of hydrogen-bond acceptors (Lipinski definition) is 7. The first-order valence-corrected chi connectivity index (χ1v) is 8.21. The van der Waals surface area contributed by atoms with E-state index in [0.29, 0.717) is 19.0 Å². The number of nitrogen functional groups attached to an aromatic ring is 1. The number of ether oxygens (including phenoxy) is 1. The SMILES string of the molecule is COc1ccc2c(c1)/C(=N\OCCCN)C(C)(C)c1c(N)ncnc1-2. The van der Waals surface area contributed by atoms with E-state index in [2.05, 4.69) is 15.1 Å². The normalized spacial score (nSPS) is 16.2. The lowest BCUT2D eigenvalue weighted by Crippen LogP contribution is -2.36. The molecule has 2 aromatic rings. The van der Waals surface area contributed by atoms with E-state index in [9.17, 15) is 0 Å². The highest BCUT2D eigenvalue weighted by Crippen LogP contribution is 2.45. The number of nitrogens with zero attached hydrogens (tertiary/aromatic N) is 3. The molecule has 1 aliphatic carbocycles. The van der Waals surface area contributed by atoms with Crippen molar-refractivity contribution in [3.8, 4) is 17.0 Å². The first-order valence-electron chi connectivity index (χ1n) is 8.21. The third-order valence-electron chi connectivity index (χ3n) is 4.43. The Kier molecular flexibility index (Phi) is 4.59. The Morgan fingerprint density at radius 3 is 2.72 bits per heavy atom. The molecule has 0 radical (unpaired) electrons. The largest absolute Gasteiger partial charge is 0.497 e. The van der Waals surface area contributed by atoms with Gasteiger partial charge in [-0.25, -0.2) is 9.97 Å². The molecule has 132 valence electrons. The van der Waals surface area contributed by atoms with Gasteiger partial charge >= 0.3 is 0 Å². The molecule has 0 aliphatic heterocycles. The van der Waals surface area contributed by atoms with Gasteiger partial charge in [0.2, 0.25) is 0 Å². The number of rotatable bonds is 5. The number of aromatic nitrogens is 2. The molecule has 0 saturated carbocycles. The van der Waals surface area contributed by atoms with Crippen LogP contribution in [-0.2, 0) is 10.3 Å². The third-order valence-corrected chi connectivity index (χ3v) is 4.43. The average molecular weight is 341 g/mol. The number of nitrogens with two attached hydrogens (primary N) is 2.